The van der Waals surface area contributed by atoms with Gasteiger partial charge in [-0.2, -0.15) is 0 Å². The Morgan fingerprint density at radius 3 is 2.55 bits per heavy atom. The van der Waals surface area contributed by atoms with E-state index in [1.54, 1.807) is 12.1 Å². The maximum atomic E-state index is 12.4. The van der Waals surface area contributed by atoms with Gasteiger partial charge in [0.2, 0.25) is 0 Å². The molecule has 3 aromatic rings. The molecule has 1 aliphatic heterocycles. The number of carbonyl (C=O) groups is 1. The minimum Gasteiger partial charge on any atom is -0.491 e. The second-order valence-electron chi connectivity index (χ2n) is 7.72. The Hall–Kier alpha value is -2.91. The summed E-state index contributed by atoms with van der Waals surface area (Å²) >= 11 is 1.49. The molecule has 1 aromatic heterocycles. The number of benzene rings is 2. The molecule has 2 aromatic carbocycles. The Bertz CT molecular complexity index is 1040. The van der Waals surface area contributed by atoms with Crippen molar-refractivity contribution in [2.24, 2.45) is 0 Å². The molecule has 0 spiro atoms. The second-order valence-corrected chi connectivity index (χ2v) is 8.61. The Balaban J connectivity index is 1.47. The number of likely N-dealkylation sites (tertiary alicyclic amines) is 1. The average Bonchev–Trinajstić information content (AvgIpc) is 3.30. The third-order valence-corrected chi connectivity index (χ3v) is 6.43. The fourth-order valence-corrected chi connectivity index (χ4v) is 4.91. The summed E-state index contributed by atoms with van der Waals surface area (Å²) in [5.74, 6) is 0.444. The SMILES string of the molecule is O=CC(COc1ccccc1)N1CCCCC1c1nc(-c2ccc(OC(F)(F)F)cc2)cs1. The van der Waals surface area contributed by atoms with E-state index in [9.17, 15) is 18.0 Å². The number of aldehydes is 1. The first-order valence-corrected chi connectivity index (χ1v) is 11.5. The van der Waals surface area contributed by atoms with E-state index in [1.165, 1.54) is 23.5 Å². The first-order valence-electron chi connectivity index (χ1n) is 10.6. The van der Waals surface area contributed by atoms with Crippen molar-refractivity contribution in [3.63, 3.8) is 0 Å². The summed E-state index contributed by atoms with van der Waals surface area (Å²) in [7, 11) is 0. The molecule has 33 heavy (non-hydrogen) atoms. The molecule has 174 valence electrons. The van der Waals surface area contributed by atoms with Crippen LogP contribution in [0.5, 0.6) is 11.5 Å². The summed E-state index contributed by atoms with van der Waals surface area (Å²) in [5.41, 5.74) is 1.39. The van der Waals surface area contributed by atoms with E-state index < -0.39 is 12.4 Å². The average molecular weight is 477 g/mol. The van der Waals surface area contributed by atoms with E-state index in [0.29, 0.717) is 17.0 Å². The monoisotopic (exact) mass is 476 g/mol. The highest BCUT2D eigenvalue weighted by atomic mass is 32.1. The zero-order valence-electron chi connectivity index (χ0n) is 17.7. The van der Waals surface area contributed by atoms with Crippen LogP contribution in [-0.2, 0) is 4.79 Å². The van der Waals surface area contributed by atoms with Crippen LogP contribution >= 0.6 is 11.3 Å². The van der Waals surface area contributed by atoms with E-state index in [0.717, 1.165) is 37.1 Å². The van der Waals surface area contributed by atoms with Crippen LogP contribution in [0.25, 0.3) is 11.3 Å². The maximum Gasteiger partial charge on any atom is 0.573 e. The molecular weight excluding hydrogens is 453 g/mol. The molecule has 1 fully saturated rings. The molecule has 9 heteroatoms. The molecule has 0 saturated carbocycles. The highest BCUT2D eigenvalue weighted by Gasteiger charge is 2.33. The van der Waals surface area contributed by atoms with Crippen molar-refractivity contribution in [3.05, 3.63) is 65.0 Å². The molecule has 2 atom stereocenters. The van der Waals surface area contributed by atoms with Gasteiger partial charge in [0.05, 0.1) is 11.7 Å². The van der Waals surface area contributed by atoms with Crippen LogP contribution < -0.4 is 9.47 Å². The minimum atomic E-state index is -4.72. The van der Waals surface area contributed by atoms with Gasteiger partial charge in [-0.1, -0.05) is 24.6 Å². The molecule has 0 amide bonds. The summed E-state index contributed by atoms with van der Waals surface area (Å²) < 4.78 is 46.9. The summed E-state index contributed by atoms with van der Waals surface area (Å²) in [6.07, 6.45) is -0.898. The lowest BCUT2D eigenvalue weighted by Crippen LogP contribution is -2.45. The van der Waals surface area contributed by atoms with Gasteiger partial charge in [0.25, 0.3) is 0 Å². The smallest absolute Gasteiger partial charge is 0.491 e. The number of thiazole rings is 1. The lowest BCUT2D eigenvalue weighted by atomic mass is 10.0. The largest absolute Gasteiger partial charge is 0.573 e. The Morgan fingerprint density at radius 2 is 1.85 bits per heavy atom. The first-order chi connectivity index (χ1) is 15.9. The Labute approximate surface area is 193 Å². The highest BCUT2D eigenvalue weighted by Crippen LogP contribution is 2.36. The topological polar surface area (TPSA) is 51.7 Å². The zero-order valence-corrected chi connectivity index (χ0v) is 18.5. The number of rotatable bonds is 8. The maximum absolute atomic E-state index is 12.4. The van der Waals surface area contributed by atoms with E-state index in [2.05, 4.69) is 9.64 Å². The Kier molecular flexibility index (Phi) is 7.29. The normalized spacial score (nSPS) is 18.0. The third kappa shape index (κ3) is 6.11. The van der Waals surface area contributed by atoms with Gasteiger partial charge in [0.1, 0.15) is 35.4 Å². The van der Waals surface area contributed by atoms with Crippen molar-refractivity contribution in [1.29, 1.82) is 0 Å². The first kappa shape index (κ1) is 23.3. The van der Waals surface area contributed by atoms with E-state index in [1.807, 2.05) is 35.7 Å². The van der Waals surface area contributed by atoms with Crippen molar-refractivity contribution < 1.29 is 27.4 Å². The molecule has 1 aliphatic rings. The van der Waals surface area contributed by atoms with Crippen LogP contribution in [0.4, 0.5) is 13.2 Å². The van der Waals surface area contributed by atoms with Gasteiger partial charge in [-0.25, -0.2) is 4.98 Å². The van der Waals surface area contributed by atoms with Crippen LogP contribution in [-0.4, -0.2) is 41.7 Å². The molecule has 0 bridgehead atoms. The Morgan fingerprint density at radius 1 is 1.09 bits per heavy atom. The number of piperidine rings is 1. The number of hydrogen-bond acceptors (Lipinski definition) is 6. The lowest BCUT2D eigenvalue weighted by Gasteiger charge is -2.37. The summed E-state index contributed by atoms with van der Waals surface area (Å²) in [6, 6.07) is 14.6. The van der Waals surface area contributed by atoms with Gasteiger partial charge in [0.15, 0.2) is 0 Å². The van der Waals surface area contributed by atoms with Crippen LogP contribution in [0, 0.1) is 0 Å². The van der Waals surface area contributed by atoms with Crippen LogP contribution in [0.2, 0.25) is 0 Å². The number of ether oxygens (including phenoxy) is 2. The van der Waals surface area contributed by atoms with Gasteiger partial charge in [-0.15, -0.1) is 24.5 Å². The molecule has 1 saturated heterocycles. The van der Waals surface area contributed by atoms with Crippen LogP contribution in [0.15, 0.2) is 60.0 Å². The molecule has 2 unspecified atom stereocenters. The fourth-order valence-electron chi connectivity index (χ4n) is 3.93. The standard InChI is InChI=1S/C24H23F3N2O3S/c25-24(26,27)32-20-11-9-17(10-12-20)21-16-33-23(28-21)22-8-4-5-13-29(22)18(14-30)15-31-19-6-2-1-3-7-19/h1-3,6-7,9-12,14,16,18,22H,4-5,8,13,15H2. The van der Waals surface area contributed by atoms with Crippen molar-refractivity contribution in [2.45, 2.75) is 37.7 Å². The van der Waals surface area contributed by atoms with Gasteiger partial charge >= 0.3 is 6.36 Å². The number of para-hydroxylation sites is 1. The van der Waals surface area contributed by atoms with Crippen molar-refractivity contribution in [3.8, 4) is 22.8 Å². The molecule has 5 nitrogen and oxygen atoms in total. The second kappa shape index (κ2) is 10.4. The van der Waals surface area contributed by atoms with Gasteiger partial charge in [-0.3, -0.25) is 4.90 Å². The van der Waals surface area contributed by atoms with E-state index >= 15 is 0 Å². The molecule has 0 aliphatic carbocycles. The summed E-state index contributed by atoms with van der Waals surface area (Å²) in [5, 5.41) is 2.77. The lowest BCUT2D eigenvalue weighted by molar-refractivity contribution is -0.274. The number of nitrogens with zero attached hydrogens (tertiary/aromatic N) is 2. The van der Waals surface area contributed by atoms with E-state index in [-0.39, 0.29) is 18.4 Å². The van der Waals surface area contributed by atoms with Crippen molar-refractivity contribution in [2.75, 3.05) is 13.2 Å². The summed E-state index contributed by atoms with van der Waals surface area (Å²) in [6.45, 7) is 1.02. The summed E-state index contributed by atoms with van der Waals surface area (Å²) in [4.78, 5) is 18.8. The number of halogens is 3. The van der Waals surface area contributed by atoms with Crippen molar-refractivity contribution >= 4 is 17.6 Å². The molecular formula is C24H23F3N2O3S. The molecule has 2 heterocycles. The molecule has 0 N–H and O–H groups in total. The van der Waals surface area contributed by atoms with Gasteiger partial charge < -0.3 is 14.3 Å². The third-order valence-electron chi connectivity index (χ3n) is 5.48. The number of hydrogen-bond donors (Lipinski definition) is 0. The van der Waals surface area contributed by atoms with E-state index in [4.69, 9.17) is 9.72 Å². The quantitative estimate of drug-likeness (QED) is 0.380. The van der Waals surface area contributed by atoms with Gasteiger partial charge in [-0.05, 0) is 55.8 Å². The van der Waals surface area contributed by atoms with Crippen LogP contribution in [0.3, 0.4) is 0 Å². The minimum absolute atomic E-state index is 0.0140. The molecule has 4 rings (SSSR count). The molecule has 0 radical (unpaired) electrons. The number of carbonyl (C=O) groups excluding carboxylic acids is 1. The number of alkyl halides is 3. The van der Waals surface area contributed by atoms with Crippen LogP contribution in [0.1, 0.15) is 30.3 Å². The number of aromatic nitrogens is 1. The fraction of sp³-hybridized carbons (Fsp3) is 0.333. The predicted octanol–water partition coefficient (Wildman–Crippen LogP) is 5.88. The van der Waals surface area contributed by atoms with Crippen molar-refractivity contribution in [1.82, 2.24) is 9.88 Å². The van der Waals surface area contributed by atoms with Gasteiger partial charge in [0, 0.05) is 10.9 Å². The highest BCUT2D eigenvalue weighted by molar-refractivity contribution is 7.10. The zero-order chi connectivity index (χ0) is 23.3. The predicted molar refractivity (Wildman–Crippen MR) is 119 cm³/mol.